The highest BCUT2D eigenvalue weighted by Gasteiger charge is 2.44. The third kappa shape index (κ3) is 3.35. The molecular weight excluding hydrogens is 318 g/mol. The van der Waals surface area contributed by atoms with E-state index >= 15 is 0 Å². The van der Waals surface area contributed by atoms with E-state index in [1.807, 2.05) is 28.0 Å². The van der Waals surface area contributed by atoms with Gasteiger partial charge in [0.25, 0.3) is 5.91 Å². The molecule has 0 aliphatic carbocycles. The maximum atomic E-state index is 13.0. The molecule has 25 heavy (non-hydrogen) atoms. The normalized spacial score (nSPS) is 23.1. The zero-order valence-electron chi connectivity index (χ0n) is 15.5. The molecule has 1 aromatic carbocycles. The number of fused-ring (bicyclic) bond motifs is 1. The minimum absolute atomic E-state index is 0.00476. The third-order valence-electron chi connectivity index (χ3n) is 5.34. The molecule has 0 radical (unpaired) electrons. The first-order valence-corrected chi connectivity index (χ1v) is 8.78. The van der Waals surface area contributed by atoms with Gasteiger partial charge >= 0.3 is 0 Å². The summed E-state index contributed by atoms with van der Waals surface area (Å²) in [6, 6.07) is 7.50. The first-order valence-electron chi connectivity index (χ1n) is 8.78. The fourth-order valence-electron chi connectivity index (χ4n) is 4.10. The number of benzene rings is 1. The van der Waals surface area contributed by atoms with Crippen LogP contribution in [0.1, 0.15) is 31.1 Å². The van der Waals surface area contributed by atoms with Crippen molar-refractivity contribution in [3.63, 3.8) is 0 Å². The number of nitrogens with zero attached hydrogens (tertiary/aromatic N) is 3. The molecule has 0 spiro atoms. The number of para-hydroxylation sites is 1. The molecule has 1 aromatic rings. The highest BCUT2D eigenvalue weighted by atomic mass is 16.5. The second-order valence-electron chi connectivity index (χ2n) is 7.51. The van der Waals surface area contributed by atoms with Gasteiger partial charge < -0.3 is 14.5 Å². The molecule has 136 valence electrons. The SMILES string of the molecule is COc1ccccc1C(=O)N1CCN2[C@H](CN(C(C)=O)CC2(C)C)C1. The second-order valence-corrected chi connectivity index (χ2v) is 7.51. The van der Waals surface area contributed by atoms with Crippen molar-refractivity contribution in [1.29, 1.82) is 0 Å². The van der Waals surface area contributed by atoms with Crippen molar-refractivity contribution in [3.05, 3.63) is 29.8 Å². The predicted molar refractivity (Wildman–Crippen MR) is 95.7 cm³/mol. The first kappa shape index (κ1) is 17.7. The zero-order valence-corrected chi connectivity index (χ0v) is 15.5. The molecule has 6 heteroatoms. The number of rotatable bonds is 2. The van der Waals surface area contributed by atoms with Crippen molar-refractivity contribution in [2.24, 2.45) is 0 Å². The largest absolute Gasteiger partial charge is 0.496 e. The molecule has 0 N–H and O–H groups in total. The molecule has 0 aromatic heterocycles. The van der Waals surface area contributed by atoms with E-state index in [9.17, 15) is 9.59 Å². The van der Waals surface area contributed by atoms with Crippen molar-refractivity contribution in [2.45, 2.75) is 32.4 Å². The van der Waals surface area contributed by atoms with Crippen molar-refractivity contribution in [1.82, 2.24) is 14.7 Å². The van der Waals surface area contributed by atoms with Crippen LogP contribution in [0, 0.1) is 0 Å². The summed E-state index contributed by atoms with van der Waals surface area (Å²) < 4.78 is 5.33. The van der Waals surface area contributed by atoms with Crippen LogP contribution in [-0.2, 0) is 4.79 Å². The average molecular weight is 345 g/mol. The van der Waals surface area contributed by atoms with Gasteiger partial charge in [0.2, 0.25) is 5.91 Å². The maximum Gasteiger partial charge on any atom is 0.257 e. The van der Waals surface area contributed by atoms with Gasteiger partial charge in [0.1, 0.15) is 5.75 Å². The number of ether oxygens (including phenoxy) is 1. The van der Waals surface area contributed by atoms with E-state index in [1.165, 1.54) is 0 Å². The third-order valence-corrected chi connectivity index (χ3v) is 5.34. The Labute approximate surface area is 149 Å². The molecule has 2 aliphatic heterocycles. The molecule has 3 rings (SSSR count). The minimum Gasteiger partial charge on any atom is -0.496 e. The van der Waals surface area contributed by atoms with Gasteiger partial charge in [-0.1, -0.05) is 12.1 Å². The van der Waals surface area contributed by atoms with Crippen LogP contribution in [0.3, 0.4) is 0 Å². The summed E-state index contributed by atoms with van der Waals surface area (Å²) in [6.07, 6.45) is 0. The minimum atomic E-state index is -0.0752. The Morgan fingerprint density at radius 1 is 1.12 bits per heavy atom. The van der Waals surface area contributed by atoms with Crippen LogP contribution >= 0.6 is 0 Å². The summed E-state index contributed by atoms with van der Waals surface area (Å²) in [6.45, 7) is 9.52. The number of carbonyl (C=O) groups is 2. The summed E-state index contributed by atoms with van der Waals surface area (Å²) in [5, 5.41) is 0. The lowest BCUT2D eigenvalue weighted by Crippen LogP contribution is -2.70. The van der Waals surface area contributed by atoms with E-state index in [0.29, 0.717) is 30.9 Å². The number of hydrogen-bond acceptors (Lipinski definition) is 4. The van der Waals surface area contributed by atoms with Gasteiger partial charge in [0.05, 0.1) is 12.7 Å². The molecule has 6 nitrogen and oxygen atoms in total. The molecule has 0 bridgehead atoms. The van der Waals surface area contributed by atoms with Crippen LogP contribution in [-0.4, -0.2) is 77.9 Å². The van der Waals surface area contributed by atoms with Gasteiger partial charge in [-0.3, -0.25) is 14.5 Å². The molecule has 2 fully saturated rings. The molecule has 2 aliphatic rings. The Morgan fingerprint density at radius 2 is 1.80 bits per heavy atom. The van der Waals surface area contributed by atoms with E-state index in [0.717, 1.165) is 13.1 Å². The van der Waals surface area contributed by atoms with E-state index in [4.69, 9.17) is 4.74 Å². The Morgan fingerprint density at radius 3 is 2.48 bits per heavy atom. The van der Waals surface area contributed by atoms with Crippen LogP contribution in [0.5, 0.6) is 5.75 Å². The van der Waals surface area contributed by atoms with Crippen LogP contribution < -0.4 is 4.74 Å². The van der Waals surface area contributed by atoms with Crippen LogP contribution in [0.25, 0.3) is 0 Å². The average Bonchev–Trinajstić information content (AvgIpc) is 2.59. The Balaban J connectivity index is 1.79. The van der Waals surface area contributed by atoms with E-state index < -0.39 is 0 Å². The summed E-state index contributed by atoms with van der Waals surface area (Å²) in [7, 11) is 1.58. The molecule has 0 saturated carbocycles. The zero-order chi connectivity index (χ0) is 18.2. The Bertz CT molecular complexity index is 674. The molecule has 1 atom stereocenters. The molecule has 2 amide bonds. The fourth-order valence-corrected chi connectivity index (χ4v) is 4.10. The summed E-state index contributed by atoms with van der Waals surface area (Å²) >= 11 is 0. The number of carbonyl (C=O) groups excluding carboxylic acids is 2. The quantitative estimate of drug-likeness (QED) is 0.814. The molecular formula is C19H27N3O3. The van der Waals surface area contributed by atoms with Crippen molar-refractivity contribution in [2.75, 3.05) is 39.8 Å². The predicted octanol–water partition coefficient (Wildman–Crippen LogP) is 1.46. The monoisotopic (exact) mass is 345 g/mol. The van der Waals surface area contributed by atoms with Gasteiger partial charge in [-0.15, -0.1) is 0 Å². The van der Waals surface area contributed by atoms with Gasteiger partial charge in [0, 0.05) is 51.2 Å². The van der Waals surface area contributed by atoms with E-state index in [2.05, 4.69) is 18.7 Å². The molecule has 2 heterocycles. The maximum absolute atomic E-state index is 13.0. The topological polar surface area (TPSA) is 53.1 Å². The first-order chi connectivity index (χ1) is 11.8. The van der Waals surface area contributed by atoms with Gasteiger partial charge in [-0.05, 0) is 26.0 Å². The van der Waals surface area contributed by atoms with Crippen LogP contribution in [0.2, 0.25) is 0 Å². The Hall–Kier alpha value is -2.08. The van der Waals surface area contributed by atoms with Crippen LogP contribution in [0.4, 0.5) is 0 Å². The lowest BCUT2D eigenvalue weighted by molar-refractivity contribution is -0.138. The van der Waals surface area contributed by atoms with Crippen molar-refractivity contribution >= 4 is 11.8 Å². The van der Waals surface area contributed by atoms with Gasteiger partial charge in [0.15, 0.2) is 0 Å². The van der Waals surface area contributed by atoms with E-state index in [-0.39, 0.29) is 23.4 Å². The summed E-state index contributed by atoms with van der Waals surface area (Å²) in [5.74, 6) is 0.694. The van der Waals surface area contributed by atoms with Gasteiger partial charge in [-0.2, -0.15) is 0 Å². The van der Waals surface area contributed by atoms with Crippen molar-refractivity contribution in [3.8, 4) is 5.75 Å². The number of amides is 2. The summed E-state index contributed by atoms with van der Waals surface area (Å²) in [5.41, 5.74) is 0.519. The smallest absolute Gasteiger partial charge is 0.257 e. The Kier molecular flexibility index (Phi) is 4.73. The van der Waals surface area contributed by atoms with Crippen LogP contribution in [0.15, 0.2) is 24.3 Å². The van der Waals surface area contributed by atoms with E-state index in [1.54, 1.807) is 20.1 Å². The van der Waals surface area contributed by atoms with Crippen molar-refractivity contribution < 1.29 is 14.3 Å². The summed E-state index contributed by atoms with van der Waals surface area (Å²) in [4.78, 5) is 31.1. The standard InChI is InChI=1S/C19H27N3O3/c1-14(23)21-12-15-11-20(9-10-22(15)19(2,3)13-21)18(24)16-7-5-6-8-17(16)25-4/h5-8,15H,9-13H2,1-4H3/t15-/m0/s1. The second kappa shape index (κ2) is 6.67. The lowest BCUT2D eigenvalue weighted by atomic mass is 9.92. The molecule has 0 unspecified atom stereocenters. The highest BCUT2D eigenvalue weighted by molar-refractivity contribution is 5.97. The van der Waals surface area contributed by atoms with Gasteiger partial charge in [-0.25, -0.2) is 0 Å². The molecule has 2 saturated heterocycles. The number of hydrogen-bond donors (Lipinski definition) is 0. The fraction of sp³-hybridized carbons (Fsp3) is 0.579. The highest BCUT2D eigenvalue weighted by Crippen LogP contribution is 2.29. The number of methoxy groups -OCH3 is 1. The number of piperazine rings is 2. The lowest BCUT2D eigenvalue weighted by Gasteiger charge is -2.55.